The van der Waals surface area contributed by atoms with E-state index in [-0.39, 0.29) is 5.92 Å². The number of nitrogens with one attached hydrogen (secondary N) is 2. The first-order valence-electron chi connectivity index (χ1n) is 12.1. The van der Waals surface area contributed by atoms with Gasteiger partial charge in [0.2, 0.25) is 0 Å². The molecule has 35 heavy (non-hydrogen) atoms. The molecule has 7 nitrogen and oxygen atoms in total. The summed E-state index contributed by atoms with van der Waals surface area (Å²) < 4.78 is 5.65. The zero-order chi connectivity index (χ0) is 23.8. The number of anilines is 2. The zero-order valence-corrected chi connectivity index (χ0v) is 19.7. The lowest BCUT2D eigenvalue weighted by Crippen LogP contribution is -2.22. The van der Waals surface area contributed by atoms with Crippen molar-refractivity contribution in [1.82, 2.24) is 15.0 Å². The molecule has 4 aromatic rings. The number of Topliss-reactive ketones (excluding diaryl/α,β-unsaturated/α-hetero) is 1. The van der Waals surface area contributed by atoms with E-state index in [1.54, 1.807) is 13.4 Å². The minimum absolute atomic E-state index is 0.0176. The van der Waals surface area contributed by atoms with E-state index in [9.17, 15) is 4.79 Å². The van der Waals surface area contributed by atoms with E-state index in [2.05, 4.69) is 37.4 Å². The standard InChI is InChI=1S/C28H27N5O2/c1-35-25-13-20-15-29-14-19(20)12-23(25)33-28-26-21-11-18(8-9-22(21)32-27(26)30-16-31-28)24(34)10-7-17-5-3-2-4-6-17/h2-6,12-14,16,18H,7-11,15H2,1H3,(H2,30,31,32,33). The van der Waals surface area contributed by atoms with Gasteiger partial charge >= 0.3 is 0 Å². The number of benzene rings is 2. The maximum absolute atomic E-state index is 13.1. The molecule has 176 valence electrons. The molecule has 7 heteroatoms. The number of rotatable bonds is 7. The molecule has 1 atom stereocenters. The summed E-state index contributed by atoms with van der Waals surface area (Å²) in [5, 5.41) is 4.44. The van der Waals surface area contributed by atoms with Crippen LogP contribution in [0.3, 0.4) is 0 Å². The van der Waals surface area contributed by atoms with Crippen molar-refractivity contribution in [3.8, 4) is 5.75 Å². The summed E-state index contributed by atoms with van der Waals surface area (Å²) in [4.78, 5) is 30.0. The van der Waals surface area contributed by atoms with Gasteiger partial charge in [-0.1, -0.05) is 30.3 Å². The Morgan fingerprint density at radius 1 is 1.20 bits per heavy atom. The predicted octanol–water partition coefficient (Wildman–Crippen LogP) is 4.95. The fraction of sp³-hybridized carbons (Fsp3) is 0.286. The van der Waals surface area contributed by atoms with Gasteiger partial charge in [0, 0.05) is 24.2 Å². The molecule has 6 rings (SSSR count). The Morgan fingerprint density at radius 2 is 2.09 bits per heavy atom. The number of nitrogens with zero attached hydrogens (tertiary/aromatic N) is 3. The molecule has 0 amide bonds. The van der Waals surface area contributed by atoms with Crippen LogP contribution in [0.2, 0.25) is 0 Å². The summed E-state index contributed by atoms with van der Waals surface area (Å²) in [7, 11) is 1.67. The van der Waals surface area contributed by atoms with Gasteiger partial charge < -0.3 is 15.0 Å². The zero-order valence-electron chi connectivity index (χ0n) is 19.7. The molecule has 2 aromatic heterocycles. The third kappa shape index (κ3) is 4.07. The van der Waals surface area contributed by atoms with E-state index < -0.39 is 0 Å². The smallest absolute Gasteiger partial charge is 0.143 e. The minimum atomic E-state index is 0.0176. The molecule has 0 fully saturated rings. The van der Waals surface area contributed by atoms with Crippen LogP contribution < -0.4 is 10.1 Å². The highest BCUT2D eigenvalue weighted by Gasteiger charge is 2.29. The highest BCUT2D eigenvalue weighted by Crippen LogP contribution is 2.38. The van der Waals surface area contributed by atoms with E-state index in [0.29, 0.717) is 25.2 Å². The van der Waals surface area contributed by atoms with Crippen LogP contribution in [0.25, 0.3) is 11.0 Å². The maximum atomic E-state index is 13.1. The molecule has 1 unspecified atom stereocenters. The molecule has 1 aliphatic heterocycles. The van der Waals surface area contributed by atoms with Crippen molar-refractivity contribution in [2.45, 2.75) is 38.6 Å². The van der Waals surface area contributed by atoms with Crippen LogP contribution in [0.5, 0.6) is 5.75 Å². The lowest BCUT2D eigenvalue weighted by Gasteiger charge is -2.22. The van der Waals surface area contributed by atoms with Gasteiger partial charge in [0.15, 0.2) is 0 Å². The van der Waals surface area contributed by atoms with Gasteiger partial charge in [-0.2, -0.15) is 0 Å². The normalized spacial score (nSPS) is 16.2. The Balaban J connectivity index is 1.28. The average Bonchev–Trinajstić information content (AvgIpc) is 3.51. The molecule has 0 radical (unpaired) electrons. The number of hydrogen-bond donors (Lipinski definition) is 2. The number of aromatic amines is 1. The largest absolute Gasteiger partial charge is 0.495 e. The Bertz CT molecular complexity index is 1440. The number of carbonyl (C=O) groups excluding carboxylic acids is 1. The van der Waals surface area contributed by atoms with Crippen LogP contribution in [-0.4, -0.2) is 34.1 Å². The topological polar surface area (TPSA) is 92.3 Å². The number of hydrogen-bond acceptors (Lipinski definition) is 6. The van der Waals surface area contributed by atoms with E-state index in [4.69, 9.17) is 4.74 Å². The summed E-state index contributed by atoms with van der Waals surface area (Å²) in [5.41, 5.74) is 7.37. The number of ether oxygens (including phenoxy) is 1. The number of methoxy groups -OCH3 is 1. The lowest BCUT2D eigenvalue weighted by molar-refractivity contribution is -0.123. The second-order valence-corrected chi connectivity index (χ2v) is 9.27. The van der Waals surface area contributed by atoms with Crippen LogP contribution >= 0.6 is 0 Å². The number of carbonyl (C=O) groups is 1. The quantitative estimate of drug-likeness (QED) is 0.403. The van der Waals surface area contributed by atoms with Crippen LogP contribution in [0, 0.1) is 5.92 Å². The Hall–Kier alpha value is -4.00. The van der Waals surface area contributed by atoms with Crippen LogP contribution in [0.1, 0.15) is 40.8 Å². The summed E-state index contributed by atoms with van der Waals surface area (Å²) in [5.74, 6) is 1.82. The molecular weight excluding hydrogens is 438 g/mol. The van der Waals surface area contributed by atoms with Gasteiger partial charge in [-0.3, -0.25) is 9.79 Å². The third-order valence-electron chi connectivity index (χ3n) is 7.14. The first-order chi connectivity index (χ1) is 17.2. The highest BCUT2D eigenvalue weighted by molar-refractivity contribution is 5.95. The summed E-state index contributed by atoms with van der Waals surface area (Å²) in [6.45, 7) is 0.675. The first kappa shape index (κ1) is 21.5. The predicted molar refractivity (Wildman–Crippen MR) is 137 cm³/mol. The maximum Gasteiger partial charge on any atom is 0.143 e. The fourth-order valence-electron chi connectivity index (χ4n) is 5.26. The van der Waals surface area contributed by atoms with Crippen molar-refractivity contribution in [3.05, 3.63) is 76.7 Å². The minimum Gasteiger partial charge on any atom is -0.495 e. The molecule has 0 bridgehead atoms. The van der Waals surface area contributed by atoms with E-state index >= 15 is 0 Å². The van der Waals surface area contributed by atoms with Crippen LogP contribution in [0.15, 0.2) is 53.8 Å². The molecule has 0 saturated heterocycles. The number of aryl methyl sites for hydroxylation is 2. The van der Waals surface area contributed by atoms with Crippen molar-refractivity contribution < 1.29 is 9.53 Å². The van der Waals surface area contributed by atoms with Crippen LogP contribution in [-0.2, 0) is 30.6 Å². The molecule has 2 N–H and O–H groups in total. The van der Waals surface area contributed by atoms with Crippen molar-refractivity contribution >= 4 is 34.5 Å². The first-order valence-corrected chi connectivity index (χ1v) is 12.1. The van der Waals surface area contributed by atoms with Crippen LogP contribution in [0.4, 0.5) is 11.5 Å². The third-order valence-corrected chi connectivity index (χ3v) is 7.14. The number of aromatic nitrogens is 3. The SMILES string of the molecule is COc1cc2c(cc1Nc1ncnc3[nH]c4c(c13)CC(C(=O)CCc1ccccc1)CC4)C=NC2. The molecular formula is C28H27N5O2. The second-order valence-electron chi connectivity index (χ2n) is 9.27. The Morgan fingerprint density at radius 3 is 2.94 bits per heavy atom. The van der Waals surface area contributed by atoms with Crippen molar-refractivity contribution in [3.63, 3.8) is 0 Å². The lowest BCUT2D eigenvalue weighted by atomic mass is 9.82. The molecule has 0 saturated carbocycles. The van der Waals surface area contributed by atoms with Crippen molar-refractivity contribution in [2.75, 3.05) is 12.4 Å². The number of aliphatic imine (C=N–C) groups is 1. The Labute approximate surface area is 203 Å². The Kier molecular flexibility index (Phi) is 5.52. The van der Waals surface area contributed by atoms with E-state index in [1.807, 2.05) is 36.5 Å². The fourth-order valence-corrected chi connectivity index (χ4v) is 5.26. The summed E-state index contributed by atoms with van der Waals surface area (Å²) >= 11 is 0. The summed E-state index contributed by atoms with van der Waals surface area (Å²) in [6, 6.07) is 14.3. The molecule has 2 aliphatic rings. The highest BCUT2D eigenvalue weighted by atomic mass is 16.5. The number of H-pyrrole nitrogens is 1. The van der Waals surface area contributed by atoms with Gasteiger partial charge in [-0.25, -0.2) is 9.97 Å². The number of ketones is 1. The van der Waals surface area contributed by atoms with E-state index in [0.717, 1.165) is 69.9 Å². The molecule has 2 aromatic carbocycles. The van der Waals surface area contributed by atoms with Gasteiger partial charge in [0.1, 0.15) is 29.3 Å². The van der Waals surface area contributed by atoms with Gasteiger partial charge in [-0.15, -0.1) is 0 Å². The second kappa shape index (κ2) is 8.98. The molecule has 0 spiro atoms. The monoisotopic (exact) mass is 465 g/mol. The van der Waals surface area contributed by atoms with Gasteiger partial charge in [-0.05, 0) is 60.1 Å². The van der Waals surface area contributed by atoms with Gasteiger partial charge in [0.05, 0.1) is 24.7 Å². The summed E-state index contributed by atoms with van der Waals surface area (Å²) in [6.07, 6.45) is 7.22. The average molecular weight is 466 g/mol. The molecule has 3 heterocycles. The van der Waals surface area contributed by atoms with E-state index in [1.165, 1.54) is 5.56 Å². The van der Waals surface area contributed by atoms with Crippen molar-refractivity contribution in [1.29, 1.82) is 0 Å². The number of fused-ring (bicyclic) bond motifs is 4. The van der Waals surface area contributed by atoms with Crippen molar-refractivity contribution in [2.24, 2.45) is 10.9 Å². The van der Waals surface area contributed by atoms with Gasteiger partial charge in [0.25, 0.3) is 0 Å². The molecule has 1 aliphatic carbocycles.